The van der Waals surface area contributed by atoms with Gasteiger partial charge in [0.05, 0.1) is 4.99 Å². The second-order valence-corrected chi connectivity index (χ2v) is 6.10. The highest BCUT2D eigenvalue weighted by atomic mass is 79.9. The Labute approximate surface area is 128 Å². The highest BCUT2D eigenvalue weighted by Crippen LogP contribution is 2.21. The van der Waals surface area contributed by atoms with Crippen LogP contribution in [0.25, 0.3) is 0 Å². The normalized spacial score (nSPS) is 10.6. The minimum Gasteiger partial charge on any atom is -0.393 e. The molecule has 0 aliphatic carbocycles. The van der Waals surface area contributed by atoms with Crippen molar-refractivity contribution in [3.05, 3.63) is 33.8 Å². The van der Waals surface area contributed by atoms with Gasteiger partial charge < -0.3 is 10.6 Å². The molecule has 5 heteroatoms. The molecule has 1 amide bonds. The second-order valence-electron chi connectivity index (χ2n) is 4.72. The average molecular weight is 343 g/mol. The van der Waals surface area contributed by atoms with Gasteiger partial charge in [0.1, 0.15) is 0 Å². The summed E-state index contributed by atoms with van der Waals surface area (Å²) in [6.07, 6.45) is 0.548. The van der Waals surface area contributed by atoms with Gasteiger partial charge in [-0.15, -0.1) is 0 Å². The van der Waals surface area contributed by atoms with Crippen LogP contribution in [0.4, 0.5) is 0 Å². The van der Waals surface area contributed by atoms with E-state index in [1.54, 1.807) is 4.90 Å². The van der Waals surface area contributed by atoms with Crippen molar-refractivity contribution >= 4 is 39.0 Å². The largest absolute Gasteiger partial charge is 0.393 e. The van der Waals surface area contributed by atoms with Gasteiger partial charge >= 0.3 is 0 Å². The Morgan fingerprint density at radius 1 is 1.47 bits per heavy atom. The molecule has 19 heavy (non-hydrogen) atoms. The van der Waals surface area contributed by atoms with Crippen molar-refractivity contribution in [3.63, 3.8) is 0 Å². The first kappa shape index (κ1) is 16.1. The molecule has 2 N–H and O–H groups in total. The van der Waals surface area contributed by atoms with E-state index in [9.17, 15) is 4.79 Å². The highest BCUT2D eigenvalue weighted by molar-refractivity contribution is 9.10. The first-order chi connectivity index (χ1) is 8.84. The number of nitrogens with two attached hydrogens (primary N) is 1. The topological polar surface area (TPSA) is 46.3 Å². The summed E-state index contributed by atoms with van der Waals surface area (Å²) in [5, 5.41) is 0. The van der Waals surface area contributed by atoms with Crippen LogP contribution in [0.3, 0.4) is 0 Å². The number of carbonyl (C=O) groups excluding carboxylic acids is 1. The fraction of sp³-hybridized carbons (Fsp3) is 0.429. The maximum Gasteiger partial charge on any atom is 0.254 e. The zero-order valence-corrected chi connectivity index (χ0v) is 13.8. The third-order valence-electron chi connectivity index (χ3n) is 2.98. The lowest BCUT2D eigenvalue weighted by atomic mass is 10.1. The monoisotopic (exact) mass is 342 g/mol. The van der Waals surface area contributed by atoms with Gasteiger partial charge in [-0.25, -0.2) is 0 Å². The number of hydrogen-bond acceptors (Lipinski definition) is 2. The van der Waals surface area contributed by atoms with Crippen molar-refractivity contribution in [2.24, 2.45) is 5.73 Å². The molecule has 0 saturated carbocycles. The van der Waals surface area contributed by atoms with E-state index in [1.807, 2.05) is 39.0 Å². The summed E-state index contributed by atoms with van der Waals surface area (Å²) in [6, 6.07) is 5.76. The Morgan fingerprint density at radius 2 is 2.11 bits per heavy atom. The number of amides is 1. The second kappa shape index (κ2) is 7.01. The number of thiocarbonyl (C=S) groups is 1. The summed E-state index contributed by atoms with van der Waals surface area (Å²) in [7, 11) is 0. The molecule has 0 radical (unpaired) electrons. The number of halogens is 1. The fourth-order valence-electron chi connectivity index (χ4n) is 1.82. The van der Waals surface area contributed by atoms with Crippen LogP contribution in [-0.4, -0.2) is 28.4 Å². The van der Waals surface area contributed by atoms with E-state index in [0.29, 0.717) is 23.5 Å². The summed E-state index contributed by atoms with van der Waals surface area (Å²) in [5.74, 6) is 0.0186. The molecule has 0 unspecified atom stereocenters. The summed E-state index contributed by atoms with van der Waals surface area (Å²) < 4.78 is 0.941. The van der Waals surface area contributed by atoms with Gasteiger partial charge in [-0.1, -0.05) is 34.2 Å². The van der Waals surface area contributed by atoms with Gasteiger partial charge in [-0.3, -0.25) is 4.79 Å². The van der Waals surface area contributed by atoms with Crippen molar-refractivity contribution < 1.29 is 4.79 Å². The third-order valence-corrected chi connectivity index (χ3v) is 4.04. The van der Waals surface area contributed by atoms with Crippen molar-refractivity contribution in [1.82, 2.24) is 4.90 Å². The minimum atomic E-state index is 0.0186. The molecule has 0 bridgehead atoms. The molecule has 1 aromatic rings. The molecule has 1 aromatic carbocycles. The SMILES string of the molecule is Cc1c(Br)cccc1C(=O)N(CCC(N)=S)C(C)C. The maximum atomic E-state index is 12.6. The van der Waals surface area contributed by atoms with Gasteiger partial charge in [0.2, 0.25) is 0 Å². The zero-order chi connectivity index (χ0) is 14.6. The molecule has 0 heterocycles. The van der Waals surface area contributed by atoms with Crippen molar-refractivity contribution in [2.45, 2.75) is 33.2 Å². The lowest BCUT2D eigenvalue weighted by Gasteiger charge is -2.27. The van der Waals surface area contributed by atoms with Gasteiger partial charge in [-0.05, 0) is 38.5 Å². The van der Waals surface area contributed by atoms with Crippen LogP contribution < -0.4 is 5.73 Å². The van der Waals surface area contributed by atoms with Crippen LogP contribution in [0, 0.1) is 6.92 Å². The van der Waals surface area contributed by atoms with Gasteiger partial charge in [-0.2, -0.15) is 0 Å². The zero-order valence-electron chi connectivity index (χ0n) is 11.4. The van der Waals surface area contributed by atoms with Crippen LogP contribution in [0.1, 0.15) is 36.2 Å². The number of hydrogen-bond donors (Lipinski definition) is 1. The number of rotatable bonds is 5. The molecule has 3 nitrogen and oxygen atoms in total. The Balaban J connectivity index is 2.99. The van der Waals surface area contributed by atoms with Crippen LogP contribution in [0.5, 0.6) is 0 Å². The van der Waals surface area contributed by atoms with E-state index in [1.165, 1.54) is 0 Å². The molecule has 0 spiro atoms. The quantitative estimate of drug-likeness (QED) is 0.835. The summed E-state index contributed by atoms with van der Waals surface area (Å²) in [4.78, 5) is 14.8. The van der Waals surface area contributed by atoms with E-state index in [0.717, 1.165) is 10.0 Å². The van der Waals surface area contributed by atoms with Crippen LogP contribution in [-0.2, 0) is 0 Å². The van der Waals surface area contributed by atoms with Crippen LogP contribution in [0.15, 0.2) is 22.7 Å². The summed E-state index contributed by atoms with van der Waals surface area (Å²) >= 11 is 8.33. The Kier molecular flexibility index (Phi) is 5.94. The number of carbonyl (C=O) groups is 1. The van der Waals surface area contributed by atoms with E-state index in [2.05, 4.69) is 15.9 Å². The van der Waals surface area contributed by atoms with Gasteiger partial charge in [0, 0.05) is 29.0 Å². The molecule has 104 valence electrons. The number of nitrogens with zero attached hydrogens (tertiary/aromatic N) is 1. The summed E-state index contributed by atoms with van der Waals surface area (Å²) in [5.41, 5.74) is 7.19. The summed E-state index contributed by atoms with van der Waals surface area (Å²) in [6.45, 7) is 6.47. The van der Waals surface area contributed by atoms with Crippen molar-refractivity contribution in [3.8, 4) is 0 Å². The van der Waals surface area contributed by atoms with Crippen LogP contribution >= 0.6 is 28.1 Å². The fourth-order valence-corrected chi connectivity index (χ4v) is 2.28. The molecule has 1 rings (SSSR count). The predicted molar refractivity (Wildman–Crippen MR) is 86.5 cm³/mol. The lowest BCUT2D eigenvalue weighted by Crippen LogP contribution is -2.39. The molecule has 0 aliphatic heterocycles. The Hall–Kier alpha value is -0.940. The van der Waals surface area contributed by atoms with Crippen molar-refractivity contribution in [1.29, 1.82) is 0 Å². The molecular weight excluding hydrogens is 324 g/mol. The third kappa shape index (κ3) is 4.28. The molecule has 0 fully saturated rings. The standard InChI is InChI=1S/C14H19BrN2OS/c1-9(2)17(8-7-13(16)19)14(18)11-5-4-6-12(15)10(11)3/h4-6,9H,7-8H2,1-3H3,(H2,16,19). The molecular formula is C14H19BrN2OS. The lowest BCUT2D eigenvalue weighted by molar-refractivity contribution is 0.0711. The first-order valence-electron chi connectivity index (χ1n) is 6.19. The first-order valence-corrected chi connectivity index (χ1v) is 7.39. The minimum absolute atomic E-state index is 0.0186. The van der Waals surface area contributed by atoms with Gasteiger partial charge in [0.15, 0.2) is 0 Å². The molecule has 0 aliphatic rings. The van der Waals surface area contributed by atoms with E-state index in [-0.39, 0.29) is 11.9 Å². The Bertz CT molecular complexity index is 488. The molecule has 0 aromatic heterocycles. The van der Waals surface area contributed by atoms with E-state index >= 15 is 0 Å². The smallest absolute Gasteiger partial charge is 0.254 e. The number of benzene rings is 1. The van der Waals surface area contributed by atoms with E-state index in [4.69, 9.17) is 18.0 Å². The molecule has 0 saturated heterocycles. The van der Waals surface area contributed by atoms with Crippen molar-refractivity contribution in [2.75, 3.05) is 6.54 Å². The van der Waals surface area contributed by atoms with E-state index < -0.39 is 0 Å². The Morgan fingerprint density at radius 3 is 2.63 bits per heavy atom. The maximum absolute atomic E-state index is 12.6. The molecule has 0 atom stereocenters. The van der Waals surface area contributed by atoms with Crippen LogP contribution in [0.2, 0.25) is 0 Å². The van der Waals surface area contributed by atoms with Gasteiger partial charge in [0.25, 0.3) is 5.91 Å². The predicted octanol–water partition coefficient (Wildman–Crippen LogP) is 3.28. The highest BCUT2D eigenvalue weighted by Gasteiger charge is 2.20. The average Bonchev–Trinajstić information content (AvgIpc) is 2.31.